The molecule has 0 amide bonds. The number of benzene rings is 1. The van der Waals surface area contributed by atoms with Crippen molar-refractivity contribution in [2.45, 2.75) is 58.3 Å². The molecule has 5 heteroatoms. The molecule has 0 atom stereocenters. The Balaban J connectivity index is 2.52. The fourth-order valence-corrected chi connectivity index (χ4v) is 2.43. The van der Waals surface area contributed by atoms with Crippen molar-refractivity contribution < 1.29 is 24.5 Å². The number of rotatable bonds is 12. The number of hydrogen-bond donors (Lipinski definition) is 2. The van der Waals surface area contributed by atoms with Crippen LogP contribution in [-0.2, 0) is 22.4 Å². The Morgan fingerprint density at radius 3 is 2.17 bits per heavy atom. The summed E-state index contributed by atoms with van der Waals surface area (Å²) in [7, 11) is 0. The Kier molecular flexibility index (Phi) is 8.80. The number of carboxylic acids is 2. The van der Waals surface area contributed by atoms with E-state index in [1.807, 2.05) is 0 Å². The van der Waals surface area contributed by atoms with E-state index < -0.39 is 11.9 Å². The third-order valence-electron chi connectivity index (χ3n) is 3.63. The molecule has 0 radical (unpaired) electrons. The molecule has 0 heterocycles. The molecule has 128 valence electrons. The summed E-state index contributed by atoms with van der Waals surface area (Å²) in [6.07, 6.45) is 6.67. The molecular weight excluding hydrogens is 296 g/mol. The van der Waals surface area contributed by atoms with Crippen LogP contribution in [0.3, 0.4) is 0 Å². The molecule has 0 fully saturated rings. The van der Waals surface area contributed by atoms with Crippen LogP contribution in [0.25, 0.3) is 0 Å². The van der Waals surface area contributed by atoms with E-state index in [4.69, 9.17) is 14.9 Å². The highest BCUT2D eigenvalue weighted by atomic mass is 16.5. The first-order valence-corrected chi connectivity index (χ1v) is 8.21. The Morgan fingerprint density at radius 1 is 0.913 bits per heavy atom. The maximum absolute atomic E-state index is 10.9. The third kappa shape index (κ3) is 8.24. The quantitative estimate of drug-likeness (QED) is 0.573. The highest BCUT2D eigenvalue weighted by Gasteiger charge is 2.11. The minimum atomic E-state index is -0.982. The van der Waals surface area contributed by atoms with Crippen molar-refractivity contribution in [3.05, 3.63) is 29.3 Å². The van der Waals surface area contributed by atoms with Gasteiger partial charge in [-0.3, -0.25) is 9.59 Å². The van der Waals surface area contributed by atoms with Crippen molar-refractivity contribution >= 4 is 11.9 Å². The summed E-state index contributed by atoms with van der Waals surface area (Å²) in [6, 6.07) is 4.99. The lowest BCUT2D eigenvalue weighted by Crippen LogP contribution is -2.08. The highest BCUT2D eigenvalue weighted by molar-refractivity contribution is 5.74. The van der Waals surface area contributed by atoms with Crippen molar-refractivity contribution in [2.75, 3.05) is 6.61 Å². The first kappa shape index (κ1) is 19.0. The van der Waals surface area contributed by atoms with Crippen molar-refractivity contribution in [1.82, 2.24) is 0 Å². The predicted molar refractivity (Wildman–Crippen MR) is 88.0 cm³/mol. The Bertz CT molecular complexity index is 510. The standard InChI is InChI=1S/C18H26O5/c1-2-3-4-5-6-7-10-23-16-9-8-14(12-17(19)20)15(11-16)13-18(21)22/h8-9,11H,2-7,10,12-13H2,1H3,(H,19,20)(H,21,22). The number of carbonyl (C=O) groups is 2. The van der Waals surface area contributed by atoms with E-state index in [1.165, 1.54) is 25.7 Å². The van der Waals surface area contributed by atoms with Crippen molar-refractivity contribution in [2.24, 2.45) is 0 Å². The largest absolute Gasteiger partial charge is 0.494 e. The zero-order valence-electron chi connectivity index (χ0n) is 13.7. The normalized spacial score (nSPS) is 10.5. The smallest absolute Gasteiger partial charge is 0.307 e. The van der Waals surface area contributed by atoms with Crippen molar-refractivity contribution in [3.8, 4) is 5.75 Å². The second-order valence-corrected chi connectivity index (χ2v) is 5.69. The molecule has 1 rings (SSSR count). The van der Waals surface area contributed by atoms with Gasteiger partial charge in [0.2, 0.25) is 0 Å². The molecule has 1 aromatic rings. The summed E-state index contributed by atoms with van der Waals surface area (Å²) in [4.78, 5) is 21.7. The number of aliphatic carboxylic acids is 2. The van der Waals surface area contributed by atoms with Gasteiger partial charge in [-0.2, -0.15) is 0 Å². The number of carboxylic acid groups (broad SMARTS) is 2. The SMILES string of the molecule is CCCCCCCCOc1ccc(CC(=O)O)c(CC(=O)O)c1. The number of ether oxygens (including phenoxy) is 1. The van der Waals surface area contributed by atoms with E-state index >= 15 is 0 Å². The van der Waals surface area contributed by atoms with Gasteiger partial charge in [0, 0.05) is 0 Å². The first-order chi connectivity index (χ1) is 11.0. The van der Waals surface area contributed by atoms with Gasteiger partial charge in [0.1, 0.15) is 5.75 Å². The van der Waals surface area contributed by atoms with Crippen LogP contribution in [0.15, 0.2) is 18.2 Å². The maximum atomic E-state index is 10.9. The molecule has 0 aliphatic heterocycles. The molecule has 5 nitrogen and oxygen atoms in total. The van der Waals surface area contributed by atoms with E-state index in [-0.39, 0.29) is 12.8 Å². The lowest BCUT2D eigenvalue weighted by atomic mass is 10.0. The maximum Gasteiger partial charge on any atom is 0.307 e. The van der Waals surface area contributed by atoms with Gasteiger partial charge in [0.15, 0.2) is 0 Å². The van der Waals surface area contributed by atoms with Gasteiger partial charge in [-0.15, -0.1) is 0 Å². The van der Waals surface area contributed by atoms with Crippen LogP contribution in [0, 0.1) is 0 Å². The van der Waals surface area contributed by atoms with Crippen LogP contribution in [0.5, 0.6) is 5.75 Å². The van der Waals surface area contributed by atoms with Crippen LogP contribution in [0.4, 0.5) is 0 Å². The van der Waals surface area contributed by atoms with E-state index in [9.17, 15) is 9.59 Å². The second kappa shape index (κ2) is 10.6. The highest BCUT2D eigenvalue weighted by Crippen LogP contribution is 2.20. The average molecular weight is 322 g/mol. The van der Waals surface area contributed by atoms with Gasteiger partial charge < -0.3 is 14.9 Å². The lowest BCUT2D eigenvalue weighted by Gasteiger charge is -2.11. The molecule has 0 spiro atoms. The Hall–Kier alpha value is -2.04. The van der Waals surface area contributed by atoms with Gasteiger partial charge in [0.05, 0.1) is 19.4 Å². The Morgan fingerprint density at radius 2 is 1.52 bits per heavy atom. The summed E-state index contributed by atoms with van der Waals surface area (Å²) in [6.45, 7) is 2.78. The van der Waals surface area contributed by atoms with Crippen LogP contribution in [0.2, 0.25) is 0 Å². The number of unbranched alkanes of at least 4 members (excludes halogenated alkanes) is 5. The van der Waals surface area contributed by atoms with Crippen LogP contribution < -0.4 is 4.74 Å². The molecule has 0 unspecified atom stereocenters. The predicted octanol–water partition coefficient (Wildman–Crippen LogP) is 3.68. The van der Waals surface area contributed by atoms with Gasteiger partial charge in [-0.1, -0.05) is 45.1 Å². The van der Waals surface area contributed by atoms with Gasteiger partial charge in [-0.25, -0.2) is 0 Å². The summed E-state index contributed by atoms with van der Waals surface area (Å²) in [5, 5.41) is 17.8. The summed E-state index contributed by atoms with van der Waals surface area (Å²) in [5.74, 6) is -1.36. The summed E-state index contributed by atoms with van der Waals surface area (Å²) in [5.41, 5.74) is 1.02. The zero-order chi connectivity index (χ0) is 17.1. The second-order valence-electron chi connectivity index (χ2n) is 5.69. The average Bonchev–Trinajstić information content (AvgIpc) is 2.48. The topological polar surface area (TPSA) is 83.8 Å². The monoisotopic (exact) mass is 322 g/mol. The fraction of sp³-hybridized carbons (Fsp3) is 0.556. The zero-order valence-corrected chi connectivity index (χ0v) is 13.7. The molecule has 23 heavy (non-hydrogen) atoms. The third-order valence-corrected chi connectivity index (χ3v) is 3.63. The van der Waals surface area contributed by atoms with E-state index in [2.05, 4.69) is 6.92 Å². The molecule has 1 aromatic carbocycles. The molecule has 0 aromatic heterocycles. The molecule has 0 aliphatic carbocycles. The van der Waals surface area contributed by atoms with E-state index in [1.54, 1.807) is 18.2 Å². The summed E-state index contributed by atoms with van der Waals surface area (Å²) >= 11 is 0. The van der Waals surface area contributed by atoms with Gasteiger partial charge in [0.25, 0.3) is 0 Å². The molecular formula is C18H26O5. The van der Waals surface area contributed by atoms with E-state index in [0.717, 1.165) is 12.8 Å². The summed E-state index contributed by atoms with van der Waals surface area (Å²) < 4.78 is 5.65. The minimum Gasteiger partial charge on any atom is -0.494 e. The molecule has 2 N–H and O–H groups in total. The molecule has 0 aliphatic rings. The van der Waals surface area contributed by atoms with Crippen LogP contribution in [-0.4, -0.2) is 28.8 Å². The fourth-order valence-electron chi connectivity index (χ4n) is 2.43. The van der Waals surface area contributed by atoms with E-state index in [0.29, 0.717) is 23.5 Å². The first-order valence-electron chi connectivity index (χ1n) is 8.21. The van der Waals surface area contributed by atoms with Gasteiger partial charge in [-0.05, 0) is 29.7 Å². The van der Waals surface area contributed by atoms with Gasteiger partial charge >= 0.3 is 11.9 Å². The minimum absolute atomic E-state index is 0.180. The number of hydrogen-bond acceptors (Lipinski definition) is 3. The lowest BCUT2D eigenvalue weighted by molar-refractivity contribution is -0.137. The molecule has 0 saturated carbocycles. The van der Waals surface area contributed by atoms with Crippen LogP contribution >= 0.6 is 0 Å². The van der Waals surface area contributed by atoms with Crippen molar-refractivity contribution in [1.29, 1.82) is 0 Å². The molecule has 0 bridgehead atoms. The van der Waals surface area contributed by atoms with Crippen molar-refractivity contribution in [3.63, 3.8) is 0 Å². The van der Waals surface area contributed by atoms with Crippen LogP contribution in [0.1, 0.15) is 56.6 Å². The Labute approximate surface area is 137 Å². The molecule has 0 saturated heterocycles.